The lowest BCUT2D eigenvalue weighted by Gasteiger charge is -2.45. The average Bonchev–Trinajstić information content (AvgIpc) is 2.64. The number of ether oxygens (including phenoxy) is 1. The third-order valence-electron chi connectivity index (χ3n) is 5.01. The summed E-state index contributed by atoms with van der Waals surface area (Å²) in [6.45, 7) is 7.32. The summed E-state index contributed by atoms with van der Waals surface area (Å²) in [7, 11) is 1.63. The molecule has 2 atom stereocenters. The Balaban J connectivity index is 1.79. The fourth-order valence-corrected chi connectivity index (χ4v) is 3.77. The van der Waals surface area contributed by atoms with E-state index in [1.807, 2.05) is 12.1 Å². The second-order valence-electron chi connectivity index (χ2n) is 6.78. The van der Waals surface area contributed by atoms with Crippen LogP contribution in [-0.2, 0) is 6.54 Å². The first-order valence-corrected chi connectivity index (χ1v) is 8.80. The number of benzene rings is 2. The van der Waals surface area contributed by atoms with Crippen molar-refractivity contribution in [3.8, 4) is 5.75 Å². The molecule has 0 aliphatic carbocycles. The van der Waals surface area contributed by atoms with E-state index in [0.717, 1.165) is 31.6 Å². The van der Waals surface area contributed by atoms with Crippen molar-refractivity contribution in [3.05, 3.63) is 59.7 Å². The van der Waals surface area contributed by atoms with E-state index in [4.69, 9.17) is 4.74 Å². The molecule has 1 aliphatic heterocycles. The molecule has 0 bridgehead atoms. The molecule has 1 saturated heterocycles. The van der Waals surface area contributed by atoms with E-state index in [2.05, 4.69) is 54.0 Å². The van der Waals surface area contributed by atoms with Crippen LogP contribution in [0.4, 0.5) is 5.69 Å². The lowest BCUT2D eigenvalue weighted by molar-refractivity contribution is 0.112. The summed E-state index contributed by atoms with van der Waals surface area (Å²) in [4.78, 5) is 16.2. The van der Waals surface area contributed by atoms with Gasteiger partial charge in [-0.2, -0.15) is 0 Å². The quantitative estimate of drug-likeness (QED) is 0.780. The second kappa shape index (κ2) is 7.70. The van der Waals surface area contributed by atoms with Crippen LogP contribution in [0.2, 0.25) is 0 Å². The van der Waals surface area contributed by atoms with Gasteiger partial charge in [-0.05, 0) is 31.5 Å². The summed E-state index contributed by atoms with van der Waals surface area (Å²) in [5.74, 6) is 0.674. The van der Waals surface area contributed by atoms with E-state index in [1.165, 1.54) is 5.56 Å². The second-order valence-corrected chi connectivity index (χ2v) is 6.78. The molecule has 132 valence electrons. The highest BCUT2D eigenvalue weighted by Crippen LogP contribution is 2.33. The number of hydrogen-bond acceptors (Lipinski definition) is 4. The summed E-state index contributed by atoms with van der Waals surface area (Å²) >= 11 is 0. The summed E-state index contributed by atoms with van der Waals surface area (Å²) < 4.78 is 5.53. The standard InChI is InChI=1S/C21H26N2O2/c1-16-12-22(20-11-7-10-19(15-24)21(20)25-3)13-17(2)23(16)14-18-8-5-4-6-9-18/h4-11,15-17H,12-14H2,1-3H3. The molecule has 0 amide bonds. The number of hydrogen-bond donors (Lipinski definition) is 0. The maximum absolute atomic E-state index is 11.3. The van der Waals surface area contributed by atoms with Gasteiger partial charge in [0.25, 0.3) is 0 Å². The molecule has 1 aliphatic rings. The highest BCUT2D eigenvalue weighted by Gasteiger charge is 2.31. The molecule has 2 aromatic carbocycles. The molecule has 2 unspecified atom stereocenters. The first kappa shape index (κ1) is 17.5. The van der Waals surface area contributed by atoms with Crippen molar-refractivity contribution in [1.82, 2.24) is 4.90 Å². The SMILES string of the molecule is COc1c(C=O)cccc1N1CC(C)N(Cc2ccccc2)C(C)C1. The molecule has 4 nitrogen and oxygen atoms in total. The average molecular weight is 338 g/mol. The predicted octanol–water partition coefficient (Wildman–Crippen LogP) is 3.61. The number of piperazine rings is 1. The Morgan fingerprint density at radius 3 is 2.32 bits per heavy atom. The number of para-hydroxylation sites is 1. The van der Waals surface area contributed by atoms with Crippen LogP contribution < -0.4 is 9.64 Å². The van der Waals surface area contributed by atoms with Crippen LogP contribution in [-0.4, -0.2) is 43.5 Å². The van der Waals surface area contributed by atoms with Crippen LogP contribution >= 0.6 is 0 Å². The van der Waals surface area contributed by atoms with E-state index >= 15 is 0 Å². The van der Waals surface area contributed by atoms with Crippen LogP contribution in [0.25, 0.3) is 0 Å². The van der Waals surface area contributed by atoms with Gasteiger partial charge < -0.3 is 9.64 Å². The lowest BCUT2D eigenvalue weighted by Crippen LogP contribution is -2.56. The molecule has 1 fully saturated rings. The number of anilines is 1. The van der Waals surface area contributed by atoms with Crippen molar-refractivity contribution < 1.29 is 9.53 Å². The smallest absolute Gasteiger partial charge is 0.153 e. The Morgan fingerprint density at radius 1 is 1.04 bits per heavy atom. The maximum Gasteiger partial charge on any atom is 0.153 e. The molecule has 0 radical (unpaired) electrons. The zero-order valence-corrected chi connectivity index (χ0v) is 15.2. The summed E-state index contributed by atoms with van der Waals surface area (Å²) in [6, 6.07) is 17.2. The summed E-state index contributed by atoms with van der Waals surface area (Å²) in [5.41, 5.74) is 2.95. The van der Waals surface area contributed by atoms with Crippen molar-refractivity contribution in [1.29, 1.82) is 0 Å². The number of carbonyl (C=O) groups is 1. The van der Waals surface area contributed by atoms with Crippen LogP contribution in [0.1, 0.15) is 29.8 Å². The first-order valence-electron chi connectivity index (χ1n) is 8.80. The largest absolute Gasteiger partial charge is 0.494 e. The molecule has 25 heavy (non-hydrogen) atoms. The van der Waals surface area contributed by atoms with Crippen molar-refractivity contribution in [3.63, 3.8) is 0 Å². The zero-order valence-electron chi connectivity index (χ0n) is 15.2. The molecule has 2 aromatic rings. The maximum atomic E-state index is 11.3. The number of rotatable bonds is 5. The van der Waals surface area contributed by atoms with E-state index in [0.29, 0.717) is 23.4 Å². The molecule has 3 rings (SSSR count). The van der Waals surface area contributed by atoms with Gasteiger partial charge in [0.15, 0.2) is 12.0 Å². The van der Waals surface area contributed by atoms with Crippen LogP contribution in [0.15, 0.2) is 48.5 Å². The van der Waals surface area contributed by atoms with E-state index in [1.54, 1.807) is 13.2 Å². The van der Waals surface area contributed by atoms with Crippen LogP contribution in [0, 0.1) is 0 Å². The number of nitrogens with zero attached hydrogens (tertiary/aromatic N) is 2. The van der Waals surface area contributed by atoms with Crippen LogP contribution in [0.3, 0.4) is 0 Å². The number of methoxy groups -OCH3 is 1. The van der Waals surface area contributed by atoms with Gasteiger partial charge >= 0.3 is 0 Å². The van der Waals surface area contributed by atoms with E-state index in [9.17, 15) is 4.79 Å². The van der Waals surface area contributed by atoms with Crippen molar-refractivity contribution in [2.75, 3.05) is 25.1 Å². The van der Waals surface area contributed by atoms with Crippen molar-refractivity contribution in [2.45, 2.75) is 32.5 Å². The minimum Gasteiger partial charge on any atom is -0.494 e. The fraction of sp³-hybridized carbons (Fsp3) is 0.381. The third-order valence-corrected chi connectivity index (χ3v) is 5.01. The molecule has 0 saturated carbocycles. The predicted molar refractivity (Wildman–Crippen MR) is 102 cm³/mol. The van der Waals surface area contributed by atoms with Crippen molar-refractivity contribution in [2.24, 2.45) is 0 Å². The van der Waals surface area contributed by atoms with E-state index in [-0.39, 0.29) is 0 Å². The van der Waals surface area contributed by atoms with E-state index < -0.39 is 0 Å². The molecular formula is C21H26N2O2. The van der Waals surface area contributed by atoms with Gasteiger partial charge in [0, 0.05) is 31.7 Å². The van der Waals surface area contributed by atoms with Gasteiger partial charge in [-0.1, -0.05) is 36.4 Å². The van der Waals surface area contributed by atoms with Crippen LogP contribution in [0.5, 0.6) is 5.75 Å². The Morgan fingerprint density at radius 2 is 1.72 bits per heavy atom. The zero-order chi connectivity index (χ0) is 17.8. The van der Waals surface area contributed by atoms with Gasteiger partial charge in [0.1, 0.15) is 0 Å². The van der Waals surface area contributed by atoms with Gasteiger partial charge in [-0.25, -0.2) is 0 Å². The Bertz CT molecular complexity index is 705. The number of carbonyl (C=O) groups excluding carboxylic acids is 1. The third kappa shape index (κ3) is 3.69. The Hall–Kier alpha value is -2.33. The highest BCUT2D eigenvalue weighted by molar-refractivity contribution is 5.84. The topological polar surface area (TPSA) is 32.8 Å². The van der Waals surface area contributed by atoms with Gasteiger partial charge in [-0.3, -0.25) is 9.69 Å². The minimum absolute atomic E-state index is 0.411. The van der Waals surface area contributed by atoms with Gasteiger partial charge in [0.05, 0.1) is 18.4 Å². The molecule has 0 N–H and O–H groups in total. The summed E-state index contributed by atoms with van der Waals surface area (Å²) in [6.07, 6.45) is 0.862. The highest BCUT2D eigenvalue weighted by atomic mass is 16.5. The lowest BCUT2D eigenvalue weighted by atomic mass is 10.0. The number of aldehydes is 1. The first-order chi connectivity index (χ1) is 12.1. The monoisotopic (exact) mass is 338 g/mol. The Labute approximate surface area is 150 Å². The van der Waals surface area contributed by atoms with Gasteiger partial charge in [-0.15, -0.1) is 0 Å². The van der Waals surface area contributed by atoms with Crippen molar-refractivity contribution >= 4 is 12.0 Å². The van der Waals surface area contributed by atoms with Gasteiger partial charge in [0.2, 0.25) is 0 Å². The molecular weight excluding hydrogens is 312 g/mol. The summed E-state index contributed by atoms with van der Waals surface area (Å²) in [5, 5.41) is 0. The molecule has 0 aromatic heterocycles. The normalized spacial score (nSPS) is 21.2. The minimum atomic E-state index is 0.411. The fourth-order valence-electron chi connectivity index (χ4n) is 3.77. The molecule has 1 heterocycles. The molecule has 0 spiro atoms. The Kier molecular flexibility index (Phi) is 5.39. The molecule has 4 heteroatoms.